The first kappa shape index (κ1) is 16.3. The molecule has 1 aromatic carbocycles. The van der Waals surface area contributed by atoms with Gasteiger partial charge in [-0.2, -0.15) is 25.1 Å². The molecule has 0 bridgehead atoms. The van der Waals surface area contributed by atoms with Gasteiger partial charge in [0.25, 0.3) is 0 Å². The minimum Gasteiger partial charge on any atom is -1.00 e. The molecule has 0 aliphatic heterocycles. The second kappa shape index (κ2) is 15.8. The minimum atomic E-state index is 0. The van der Waals surface area contributed by atoms with E-state index in [0.717, 1.165) is 0 Å². The van der Waals surface area contributed by atoms with Crippen molar-refractivity contribution in [3.8, 4) is 0 Å². The Kier molecular flexibility index (Phi) is 28.6. The van der Waals surface area contributed by atoms with Crippen molar-refractivity contribution in [2.24, 2.45) is 0 Å². The van der Waals surface area contributed by atoms with E-state index in [-0.39, 0.29) is 38.6 Å². The van der Waals surface area contributed by atoms with E-state index in [9.17, 15) is 0 Å². The fourth-order valence-electron chi connectivity index (χ4n) is 0.321. The zero-order valence-corrected chi connectivity index (χ0v) is 8.69. The Labute approximate surface area is 82.6 Å². The van der Waals surface area contributed by atoms with E-state index in [1.807, 2.05) is 30.3 Å². The molecule has 0 aliphatic carbocycles. The van der Waals surface area contributed by atoms with Gasteiger partial charge in [-0.15, -0.1) is 0 Å². The Morgan fingerprint density at radius 2 is 1.44 bits per heavy atom. The van der Waals surface area contributed by atoms with Gasteiger partial charge in [0.2, 0.25) is 0 Å². The molecule has 0 atom stereocenters. The van der Waals surface area contributed by atoms with Gasteiger partial charge in [0.15, 0.2) is 0 Å². The van der Waals surface area contributed by atoms with Crippen LogP contribution in [0.5, 0.6) is 0 Å². The summed E-state index contributed by atoms with van der Waals surface area (Å²) in [6, 6.07) is 10.0. The first-order valence-corrected chi connectivity index (χ1v) is 2.37. The third kappa shape index (κ3) is 11.9. The van der Waals surface area contributed by atoms with Gasteiger partial charge in [-0.3, -0.25) is 0 Å². The summed E-state index contributed by atoms with van der Waals surface area (Å²) < 4.78 is 0. The number of rotatable bonds is 0. The van der Waals surface area contributed by atoms with Crippen molar-refractivity contribution in [2.45, 2.75) is 6.92 Å². The molecule has 1 aromatic rings. The van der Waals surface area contributed by atoms with Crippen LogP contribution in [0.1, 0.15) is 6.92 Å². The molecule has 1 rings (SSSR count). The molecular weight excluding hydrogens is 211 g/mol. The Balaban J connectivity index is -0.0000000836. The average Bonchev–Trinajstić information content (AvgIpc) is 2.23. The van der Waals surface area contributed by atoms with Crippen molar-refractivity contribution in [1.82, 2.24) is 0 Å². The van der Waals surface area contributed by atoms with Crippen molar-refractivity contribution in [3.63, 3.8) is 0 Å². The third-order valence-electron chi connectivity index (χ3n) is 0.556. The summed E-state index contributed by atoms with van der Waals surface area (Å²) in [5, 5.41) is 0. The molecule has 0 nitrogen and oxygen atoms in total. The maximum Gasteiger partial charge on any atom is 3.00 e. The summed E-state index contributed by atoms with van der Waals surface area (Å²) in [6.07, 6.45) is 0. The van der Waals surface area contributed by atoms with Crippen molar-refractivity contribution in [2.75, 3.05) is 0 Å². The number of halogens is 1. The molecule has 0 spiro atoms. The summed E-state index contributed by atoms with van der Waals surface area (Å²) in [6.45, 7) is 5.00. The second-order valence-electron chi connectivity index (χ2n) is 0.962. The largest absolute Gasteiger partial charge is 3.00 e. The molecule has 0 heterocycles. The van der Waals surface area contributed by atoms with Crippen LogP contribution in [0.2, 0.25) is 0 Å². The van der Waals surface area contributed by atoms with E-state index in [4.69, 9.17) is 0 Å². The average molecular weight is 221 g/mol. The van der Waals surface area contributed by atoms with E-state index < -0.39 is 0 Å². The molecule has 0 unspecified atom stereocenters. The molecule has 0 fully saturated rings. The molecule has 0 aliphatic rings. The predicted octanol–water partition coefficient (Wildman–Crippen LogP) is -0.753. The van der Waals surface area contributed by atoms with Gasteiger partial charge in [0, 0.05) is 0 Å². The predicted molar refractivity (Wildman–Crippen MR) is 33.1 cm³/mol. The minimum absolute atomic E-state index is 0. The van der Waals surface area contributed by atoms with Crippen molar-refractivity contribution < 1.29 is 38.6 Å². The number of hydrogen-bond acceptors (Lipinski definition) is 0. The molecule has 49 valence electrons. The van der Waals surface area contributed by atoms with Crippen LogP contribution < -0.4 is 12.4 Å². The van der Waals surface area contributed by atoms with Crippen LogP contribution in [0, 0.1) is 6.92 Å². The van der Waals surface area contributed by atoms with Gasteiger partial charge < -0.3 is 19.3 Å². The molecule has 0 saturated carbocycles. The van der Waals surface area contributed by atoms with Gasteiger partial charge >= 0.3 is 26.2 Å². The van der Waals surface area contributed by atoms with Crippen molar-refractivity contribution >= 4 is 0 Å². The van der Waals surface area contributed by atoms with E-state index in [2.05, 4.69) is 6.92 Å². The monoisotopic (exact) mass is 219 g/mol. The van der Waals surface area contributed by atoms with E-state index >= 15 is 0 Å². The van der Waals surface area contributed by atoms with E-state index in [0.29, 0.717) is 0 Å². The van der Waals surface area contributed by atoms with Crippen LogP contribution in [0.4, 0.5) is 0 Å². The Morgan fingerprint density at radius 1 is 1.11 bits per heavy atom. The van der Waals surface area contributed by atoms with Gasteiger partial charge in [-0.1, -0.05) is 0 Å². The maximum atomic E-state index is 3.25. The zero-order valence-electron chi connectivity index (χ0n) is 5.47. The Morgan fingerprint density at radius 3 is 1.56 bits per heavy atom. The summed E-state index contributed by atoms with van der Waals surface area (Å²) in [4.78, 5) is 0. The fourth-order valence-corrected chi connectivity index (χ4v) is 0.321. The molecule has 0 aromatic heterocycles. The van der Waals surface area contributed by atoms with Gasteiger partial charge in [0.05, 0.1) is 0 Å². The topological polar surface area (TPSA) is 0 Å². The van der Waals surface area contributed by atoms with E-state index in [1.165, 1.54) is 0 Å². The number of hydrogen-bond donors (Lipinski definition) is 0. The van der Waals surface area contributed by atoms with Crippen LogP contribution >= 0.6 is 0 Å². The molecule has 9 heavy (non-hydrogen) atoms. The summed E-state index contributed by atoms with van der Waals surface area (Å²) in [5.41, 5.74) is 0. The maximum absolute atomic E-state index is 3.25. The van der Waals surface area contributed by atoms with Crippen LogP contribution in [-0.4, -0.2) is 0 Å². The van der Waals surface area contributed by atoms with Crippen LogP contribution in [0.25, 0.3) is 0 Å². The van der Waals surface area contributed by atoms with Gasteiger partial charge in [-0.25, -0.2) is 12.1 Å². The normalized spacial score (nSPS) is 5.11. The van der Waals surface area contributed by atoms with Crippen molar-refractivity contribution in [3.05, 3.63) is 37.3 Å². The first-order chi connectivity index (χ1) is 3.50. The SMILES string of the molecule is [CH2-]C.[Cl-].[Zr+3].c1cc[cH-]c1. The quantitative estimate of drug-likeness (QED) is 0.505. The second-order valence-corrected chi connectivity index (χ2v) is 0.962. The standard InChI is InChI=1S/C5H5.C2H5.ClH.Zr/c1-2-4-5-3-1;1-2;;/h1-5H;1H2,2H3;1H;/q2*-1;;+3/p-1. The third-order valence-corrected chi connectivity index (χ3v) is 0.556. The Bertz CT molecular complexity index is 65.4. The van der Waals surface area contributed by atoms with Crippen LogP contribution in [0.3, 0.4) is 0 Å². The Hall–Kier alpha value is 0.523. The fraction of sp³-hybridized carbons (Fsp3) is 0.143. The summed E-state index contributed by atoms with van der Waals surface area (Å²) in [5.74, 6) is 0. The molecular formula is C7H10ClZr. The molecule has 0 amide bonds. The first-order valence-electron chi connectivity index (χ1n) is 2.37. The molecule has 0 N–H and O–H groups in total. The molecule has 1 radical (unpaired) electrons. The zero-order chi connectivity index (χ0) is 5.54. The van der Waals surface area contributed by atoms with Gasteiger partial charge in [0.1, 0.15) is 0 Å². The van der Waals surface area contributed by atoms with Gasteiger partial charge in [-0.05, 0) is 0 Å². The summed E-state index contributed by atoms with van der Waals surface area (Å²) >= 11 is 0. The summed E-state index contributed by atoms with van der Waals surface area (Å²) in [7, 11) is 0. The smallest absolute Gasteiger partial charge is 1.00 e. The van der Waals surface area contributed by atoms with Crippen LogP contribution in [0.15, 0.2) is 30.3 Å². The van der Waals surface area contributed by atoms with E-state index in [1.54, 1.807) is 6.92 Å². The van der Waals surface area contributed by atoms with Crippen LogP contribution in [-0.2, 0) is 26.2 Å². The van der Waals surface area contributed by atoms with Crippen molar-refractivity contribution in [1.29, 1.82) is 0 Å². The molecule has 0 saturated heterocycles. The molecule has 2 heteroatoms.